The van der Waals surface area contributed by atoms with E-state index in [1.807, 2.05) is 0 Å². The molecular formula is C33H65N3O3. The maximum absolute atomic E-state index is 13.1. The van der Waals surface area contributed by atoms with E-state index in [0.29, 0.717) is 37.8 Å². The molecule has 0 aromatic heterocycles. The monoisotopic (exact) mass is 552 g/mol. The van der Waals surface area contributed by atoms with Crippen LogP contribution in [0.4, 0.5) is 0 Å². The zero-order valence-electron chi connectivity index (χ0n) is 26.5. The Kier molecular flexibility index (Phi) is 25.5. The molecule has 3 atom stereocenters. The zero-order valence-corrected chi connectivity index (χ0v) is 26.5. The second kappa shape index (κ2) is 26.6. The van der Waals surface area contributed by atoms with Gasteiger partial charge < -0.3 is 16.0 Å². The molecule has 0 aliphatic carbocycles. The molecule has 0 rings (SSSR count). The van der Waals surface area contributed by atoms with Gasteiger partial charge in [-0.1, -0.05) is 125 Å². The predicted octanol–water partition coefficient (Wildman–Crippen LogP) is 7.84. The van der Waals surface area contributed by atoms with Gasteiger partial charge in [-0.05, 0) is 37.5 Å². The van der Waals surface area contributed by atoms with Gasteiger partial charge in [0.05, 0.1) is 0 Å². The highest BCUT2D eigenvalue weighted by atomic mass is 16.2. The lowest BCUT2D eigenvalue weighted by Crippen LogP contribution is -2.48. The number of carbonyl (C=O) groups is 3. The lowest BCUT2D eigenvalue weighted by Gasteiger charge is -2.21. The van der Waals surface area contributed by atoms with Crippen molar-refractivity contribution in [3.63, 3.8) is 0 Å². The highest BCUT2D eigenvalue weighted by molar-refractivity contribution is 5.88. The van der Waals surface area contributed by atoms with Crippen LogP contribution in [0.15, 0.2) is 0 Å². The van der Waals surface area contributed by atoms with E-state index in [0.717, 1.165) is 64.2 Å². The summed E-state index contributed by atoms with van der Waals surface area (Å²) in [5.74, 6) is 0.669. The molecule has 3 N–H and O–H groups in total. The van der Waals surface area contributed by atoms with Crippen molar-refractivity contribution in [2.75, 3.05) is 13.1 Å². The van der Waals surface area contributed by atoms with Gasteiger partial charge in [-0.3, -0.25) is 14.4 Å². The van der Waals surface area contributed by atoms with Gasteiger partial charge in [0.15, 0.2) is 0 Å². The summed E-state index contributed by atoms with van der Waals surface area (Å²) >= 11 is 0. The number of unbranched alkanes of at least 4 members (excludes halogenated alkanes) is 10. The normalized spacial score (nSPS) is 13.5. The quantitative estimate of drug-likeness (QED) is 0.0909. The van der Waals surface area contributed by atoms with Crippen LogP contribution in [-0.4, -0.2) is 36.9 Å². The van der Waals surface area contributed by atoms with Crippen LogP contribution < -0.4 is 16.0 Å². The molecule has 0 fully saturated rings. The molecule has 0 radical (unpaired) electrons. The summed E-state index contributed by atoms with van der Waals surface area (Å²) in [7, 11) is 0. The lowest BCUT2D eigenvalue weighted by molar-refractivity contribution is -0.130. The van der Waals surface area contributed by atoms with Gasteiger partial charge >= 0.3 is 0 Å². The van der Waals surface area contributed by atoms with Crippen molar-refractivity contribution < 1.29 is 14.4 Å². The third-order valence-corrected chi connectivity index (χ3v) is 8.06. The van der Waals surface area contributed by atoms with Crippen LogP contribution in [0.3, 0.4) is 0 Å². The highest BCUT2D eigenvalue weighted by Crippen LogP contribution is 2.14. The average Bonchev–Trinajstić information content (AvgIpc) is 2.94. The van der Waals surface area contributed by atoms with Crippen LogP contribution in [0.5, 0.6) is 0 Å². The summed E-state index contributed by atoms with van der Waals surface area (Å²) in [6, 6.07) is -0.660. The summed E-state index contributed by atoms with van der Waals surface area (Å²) in [5.41, 5.74) is 0. The van der Waals surface area contributed by atoms with Gasteiger partial charge in [0.2, 0.25) is 17.7 Å². The Labute approximate surface area is 242 Å². The van der Waals surface area contributed by atoms with Crippen LogP contribution in [0.1, 0.15) is 163 Å². The van der Waals surface area contributed by atoms with Crippen molar-refractivity contribution in [1.29, 1.82) is 0 Å². The van der Waals surface area contributed by atoms with Gasteiger partial charge in [-0.2, -0.15) is 0 Å². The molecule has 3 unspecified atom stereocenters. The molecule has 0 saturated heterocycles. The lowest BCUT2D eigenvalue weighted by atomic mass is 9.99. The molecule has 6 heteroatoms. The third-order valence-electron chi connectivity index (χ3n) is 8.06. The first-order valence-corrected chi connectivity index (χ1v) is 16.7. The molecule has 230 valence electrons. The molecule has 0 heterocycles. The van der Waals surface area contributed by atoms with E-state index in [1.165, 1.54) is 44.9 Å². The SMILES string of the molecule is CCCCCCCCCCCC(=O)NC(CCC(=O)NCC(CC)CCCC)C(=O)NCC(CC)CCCC. The Balaban J connectivity index is 4.70. The molecule has 0 bridgehead atoms. The van der Waals surface area contributed by atoms with Crippen molar-refractivity contribution in [3.05, 3.63) is 0 Å². The molecule has 0 spiro atoms. The van der Waals surface area contributed by atoms with E-state index in [9.17, 15) is 14.4 Å². The van der Waals surface area contributed by atoms with Crippen LogP contribution in [-0.2, 0) is 14.4 Å². The molecule has 39 heavy (non-hydrogen) atoms. The van der Waals surface area contributed by atoms with Crippen LogP contribution >= 0.6 is 0 Å². The van der Waals surface area contributed by atoms with Crippen LogP contribution in [0, 0.1) is 11.8 Å². The largest absolute Gasteiger partial charge is 0.356 e. The van der Waals surface area contributed by atoms with Gasteiger partial charge in [0, 0.05) is 25.9 Å². The summed E-state index contributed by atoms with van der Waals surface area (Å²) < 4.78 is 0. The predicted molar refractivity (Wildman–Crippen MR) is 166 cm³/mol. The van der Waals surface area contributed by atoms with Gasteiger partial charge in [0.25, 0.3) is 0 Å². The number of carbonyl (C=O) groups excluding carboxylic acids is 3. The minimum absolute atomic E-state index is 0.0367. The Bertz CT molecular complexity index is 611. The second-order valence-corrected chi connectivity index (χ2v) is 11.6. The van der Waals surface area contributed by atoms with Crippen molar-refractivity contribution in [2.24, 2.45) is 11.8 Å². The molecule has 0 aliphatic rings. The van der Waals surface area contributed by atoms with Crippen molar-refractivity contribution in [3.8, 4) is 0 Å². The first-order valence-electron chi connectivity index (χ1n) is 16.7. The molecule has 0 aromatic rings. The fourth-order valence-corrected chi connectivity index (χ4v) is 5.01. The maximum Gasteiger partial charge on any atom is 0.242 e. The smallest absolute Gasteiger partial charge is 0.242 e. The highest BCUT2D eigenvalue weighted by Gasteiger charge is 2.22. The van der Waals surface area contributed by atoms with E-state index in [1.54, 1.807) is 0 Å². The summed E-state index contributed by atoms with van der Waals surface area (Å²) in [4.78, 5) is 38.4. The molecular weight excluding hydrogens is 486 g/mol. The minimum atomic E-state index is -0.660. The summed E-state index contributed by atoms with van der Waals surface area (Å²) in [5, 5.41) is 9.09. The van der Waals surface area contributed by atoms with Gasteiger partial charge in [-0.25, -0.2) is 0 Å². The van der Waals surface area contributed by atoms with E-state index >= 15 is 0 Å². The fourth-order valence-electron chi connectivity index (χ4n) is 5.01. The topological polar surface area (TPSA) is 87.3 Å². The standard InChI is InChI=1S/C33H65N3O3/c1-6-11-14-15-16-17-18-19-20-23-32(38)36-30(33(39)35-27-29(10-5)22-13-8-3)24-25-31(37)34-26-28(9-4)21-12-7-2/h28-30H,6-27H2,1-5H3,(H,34,37)(H,35,39)(H,36,38). The summed E-state index contributed by atoms with van der Waals surface area (Å²) in [6.45, 7) is 12.2. The minimum Gasteiger partial charge on any atom is -0.356 e. The number of hydrogen-bond donors (Lipinski definition) is 3. The molecule has 0 aromatic carbocycles. The number of nitrogens with one attached hydrogen (secondary N) is 3. The van der Waals surface area contributed by atoms with E-state index in [-0.39, 0.29) is 24.1 Å². The number of rotatable bonds is 27. The Hall–Kier alpha value is -1.59. The van der Waals surface area contributed by atoms with E-state index in [2.05, 4.69) is 50.6 Å². The average molecular weight is 552 g/mol. The van der Waals surface area contributed by atoms with E-state index in [4.69, 9.17) is 0 Å². The second-order valence-electron chi connectivity index (χ2n) is 11.6. The van der Waals surface area contributed by atoms with Crippen molar-refractivity contribution in [1.82, 2.24) is 16.0 Å². The third kappa shape index (κ3) is 21.9. The zero-order chi connectivity index (χ0) is 29.1. The fraction of sp³-hybridized carbons (Fsp3) is 0.909. The van der Waals surface area contributed by atoms with Crippen LogP contribution in [0.25, 0.3) is 0 Å². The maximum atomic E-state index is 13.1. The van der Waals surface area contributed by atoms with Crippen LogP contribution in [0.2, 0.25) is 0 Å². The number of amides is 3. The number of hydrogen-bond acceptors (Lipinski definition) is 3. The molecule has 0 saturated carbocycles. The Morgan fingerprint density at radius 3 is 1.51 bits per heavy atom. The van der Waals surface area contributed by atoms with Gasteiger partial charge in [-0.15, -0.1) is 0 Å². The first-order chi connectivity index (χ1) is 18.9. The Morgan fingerprint density at radius 2 is 1.00 bits per heavy atom. The van der Waals surface area contributed by atoms with Crippen molar-refractivity contribution >= 4 is 17.7 Å². The molecule has 3 amide bonds. The van der Waals surface area contributed by atoms with E-state index < -0.39 is 6.04 Å². The Morgan fingerprint density at radius 1 is 0.513 bits per heavy atom. The summed E-state index contributed by atoms with van der Waals surface area (Å²) in [6.07, 6.45) is 20.8. The van der Waals surface area contributed by atoms with Crippen molar-refractivity contribution in [2.45, 2.75) is 169 Å². The van der Waals surface area contributed by atoms with Gasteiger partial charge in [0.1, 0.15) is 6.04 Å². The molecule has 0 aliphatic heterocycles. The first kappa shape index (κ1) is 37.4. The molecule has 6 nitrogen and oxygen atoms in total.